The van der Waals surface area contributed by atoms with Crippen molar-refractivity contribution in [3.63, 3.8) is 0 Å². The summed E-state index contributed by atoms with van der Waals surface area (Å²) in [5.41, 5.74) is -1.00. The van der Waals surface area contributed by atoms with Crippen molar-refractivity contribution in [3.8, 4) is 11.5 Å². The zero-order valence-corrected chi connectivity index (χ0v) is 23.9. The van der Waals surface area contributed by atoms with Crippen molar-refractivity contribution >= 4 is 89.8 Å². The minimum absolute atomic E-state index is 0.102. The number of ether oxygens (including phenoxy) is 2. The maximum absolute atomic E-state index is 13.2. The molecule has 0 spiro atoms. The molecule has 1 aliphatic carbocycles. The van der Waals surface area contributed by atoms with Crippen LogP contribution in [0.25, 0.3) is 0 Å². The fourth-order valence-corrected chi connectivity index (χ4v) is 8.04. The molecule has 0 aromatic heterocycles. The Balaban J connectivity index is 1.80. The molecule has 0 bridgehead atoms. The standard InChI is InChI=1S/C21H19I3O7S/c22-13-4-6-14(7-5-13)30-18(25)12-21(8-2-1-3-9-21)20(26)31-15-10-16(23)19(17(24)11-15)32(27,28)29/h4-7,10-11H,1-3,8-9,12H2,(H,27,28,29). The number of hydrogen-bond acceptors (Lipinski definition) is 6. The summed E-state index contributed by atoms with van der Waals surface area (Å²) in [6, 6.07) is 9.81. The van der Waals surface area contributed by atoms with Crippen LogP contribution in [0.15, 0.2) is 41.3 Å². The normalized spacial score (nSPS) is 15.8. The van der Waals surface area contributed by atoms with Crippen molar-refractivity contribution < 1.29 is 32.0 Å². The van der Waals surface area contributed by atoms with Crippen LogP contribution in [0.2, 0.25) is 0 Å². The Labute approximate surface area is 227 Å². The Morgan fingerprint density at radius 3 is 2.00 bits per heavy atom. The van der Waals surface area contributed by atoms with Gasteiger partial charge in [0.1, 0.15) is 16.4 Å². The van der Waals surface area contributed by atoms with Crippen molar-refractivity contribution in [2.75, 3.05) is 0 Å². The number of carbonyl (C=O) groups is 2. The van der Waals surface area contributed by atoms with E-state index in [1.165, 1.54) is 12.1 Å². The molecule has 0 amide bonds. The number of hydrogen-bond donors (Lipinski definition) is 1. The third-order valence-electron chi connectivity index (χ3n) is 5.21. The van der Waals surface area contributed by atoms with Crippen LogP contribution in [-0.2, 0) is 19.7 Å². The zero-order chi connectivity index (χ0) is 23.5. The molecule has 1 aliphatic rings. The molecule has 3 rings (SSSR count). The maximum Gasteiger partial charge on any atom is 0.318 e. The average molecular weight is 796 g/mol. The Morgan fingerprint density at radius 1 is 0.906 bits per heavy atom. The van der Waals surface area contributed by atoms with E-state index in [-0.39, 0.29) is 24.2 Å². The first kappa shape index (κ1) is 26.1. The molecule has 0 unspecified atom stereocenters. The molecule has 11 heteroatoms. The van der Waals surface area contributed by atoms with Gasteiger partial charge in [-0.25, -0.2) is 0 Å². The summed E-state index contributed by atoms with van der Waals surface area (Å²) in [5, 5.41) is 0. The van der Waals surface area contributed by atoms with Gasteiger partial charge in [0.05, 0.1) is 11.8 Å². The number of benzene rings is 2. The van der Waals surface area contributed by atoms with E-state index < -0.39 is 27.5 Å². The molecule has 172 valence electrons. The minimum atomic E-state index is -4.41. The van der Waals surface area contributed by atoms with Crippen LogP contribution in [0, 0.1) is 16.1 Å². The van der Waals surface area contributed by atoms with Crippen LogP contribution in [0.5, 0.6) is 11.5 Å². The Kier molecular flexibility index (Phi) is 8.82. The highest BCUT2D eigenvalue weighted by Crippen LogP contribution is 2.41. The quantitative estimate of drug-likeness (QED) is 0.176. The van der Waals surface area contributed by atoms with Gasteiger partial charge in [0.25, 0.3) is 10.1 Å². The van der Waals surface area contributed by atoms with Gasteiger partial charge in [-0.3, -0.25) is 14.1 Å². The van der Waals surface area contributed by atoms with E-state index in [2.05, 4.69) is 22.6 Å². The minimum Gasteiger partial charge on any atom is -0.427 e. The molecule has 2 aromatic carbocycles. The zero-order valence-electron chi connectivity index (χ0n) is 16.6. The van der Waals surface area contributed by atoms with Gasteiger partial charge in [0, 0.05) is 10.7 Å². The number of esters is 2. The lowest BCUT2D eigenvalue weighted by atomic mass is 9.72. The molecule has 1 fully saturated rings. The second-order valence-corrected chi connectivity index (χ2v) is 12.5. The van der Waals surface area contributed by atoms with Crippen LogP contribution < -0.4 is 9.47 Å². The van der Waals surface area contributed by atoms with Crippen molar-refractivity contribution in [1.82, 2.24) is 0 Å². The van der Waals surface area contributed by atoms with Gasteiger partial charge in [-0.2, -0.15) is 8.42 Å². The third-order valence-corrected chi connectivity index (χ3v) is 9.32. The van der Waals surface area contributed by atoms with E-state index in [9.17, 15) is 22.6 Å². The first-order chi connectivity index (χ1) is 15.0. The summed E-state index contributed by atoms with van der Waals surface area (Å²) in [7, 11) is -4.41. The van der Waals surface area contributed by atoms with E-state index in [0.29, 0.717) is 18.6 Å². The predicted octanol–water partition coefficient (Wildman–Crippen LogP) is 5.60. The van der Waals surface area contributed by atoms with Crippen LogP contribution >= 0.6 is 67.8 Å². The highest BCUT2D eigenvalue weighted by atomic mass is 127. The summed E-state index contributed by atoms with van der Waals surface area (Å²) >= 11 is 5.69. The first-order valence-electron chi connectivity index (χ1n) is 9.65. The third kappa shape index (κ3) is 6.54. The monoisotopic (exact) mass is 796 g/mol. The highest BCUT2D eigenvalue weighted by molar-refractivity contribution is 14.1. The van der Waals surface area contributed by atoms with E-state index >= 15 is 0 Å². The largest absolute Gasteiger partial charge is 0.427 e. The molecular formula is C21H19I3O7S. The first-order valence-corrected chi connectivity index (χ1v) is 14.3. The number of halogens is 3. The average Bonchev–Trinajstić information content (AvgIpc) is 2.68. The molecule has 2 aromatic rings. The fourth-order valence-electron chi connectivity index (χ4n) is 3.69. The molecule has 0 heterocycles. The van der Waals surface area contributed by atoms with Gasteiger partial charge in [-0.15, -0.1) is 0 Å². The second kappa shape index (κ2) is 10.8. The van der Waals surface area contributed by atoms with Gasteiger partial charge in [-0.05, 0) is 117 Å². The van der Waals surface area contributed by atoms with Gasteiger partial charge in [0.15, 0.2) is 0 Å². The molecule has 1 saturated carbocycles. The SMILES string of the molecule is O=C(CC1(C(=O)Oc2cc(I)c(S(=O)(=O)O)c(I)c2)CCCCC1)Oc1ccc(I)cc1. The Bertz CT molecular complexity index is 1100. The lowest BCUT2D eigenvalue weighted by Crippen LogP contribution is -2.39. The van der Waals surface area contributed by atoms with Gasteiger partial charge in [0.2, 0.25) is 0 Å². The van der Waals surface area contributed by atoms with Crippen LogP contribution in [0.4, 0.5) is 0 Å². The molecular weight excluding hydrogens is 777 g/mol. The van der Waals surface area contributed by atoms with Crippen molar-refractivity contribution in [2.24, 2.45) is 5.41 Å². The van der Waals surface area contributed by atoms with E-state index in [1.54, 1.807) is 57.3 Å². The van der Waals surface area contributed by atoms with Gasteiger partial charge >= 0.3 is 11.9 Å². The lowest BCUT2D eigenvalue weighted by Gasteiger charge is -2.34. The van der Waals surface area contributed by atoms with Crippen molar-refractivity contribution in [3.05, 3.63) is 47.1 Å². The molecule has 0 atom stereocenters. The molecule has 0 aliphatic heterocycles. The predicted molar refractivity (Wildman–Crippen MR) is 142 cm³/mol. The second-order valence-electron chi connectivity index (χ2n) is 7.53. The van der Waals surface area contributed by atoms with E-state index in [1.807, 2.05) is 12.1 Å². The summed E-state index contributed by atoms with van der Waals surface area (Å²) in [6.45, 7) is 0. The molecule has 0 radical (unpaired) electrons. The maximum atomic E-state index is 13.2. The summed E-state index contributed by atoms with van der Waals surface area (Å²) < 4.78 is 45.1. The van der Waals surface area contributed by atoms with Crippen LogP contribution in [-0.4, -0.2) is 24.9 Å². The van der Waals surface area contributed by atoms with Crippen LogP contribution in [0.1, 0.15) is 38.5 Å². The Hall–Kier alpha value is -0.520. The number of rotatable bonds is 6. The highest BCUT2D eigenvalue weighted by Gasteiger charge is 2.44. The molecule has 1 N–H and O–H groups in total. The summed E-state index contributed by atoms with van der Waals surface area (Å²) in [4.78, 5) is 25.7. The number of carbonyl (C=O) groups excluding carboxylic acids is 2. The molecule has 32 heavy (non-hydrogen) atoms. The van der Waals surface area contributed by atoms with Crippen molar-refractivity contribution in [1.29, 1.82) is 0 Å². The molecule has 0 saturated heterocycles. The van der Waals surface area contributed by atoms with Crippen LogP contribution in [0.3, 0.4) is 0 Å². The topological polar surface area (TPSA) is 107 Å². The van der Waals surface area contributed by atoms with Crippen molar-refractivity contribution in [2.45, 2.75) is 43.4 Å². The fraction of sp³-hybridized carbons (Fsp3) is 0.333. The van der Waals surface area contributed by atoms with Gasteiger partial charge in [-0.1, -0.05) is 19.3 Å². The summed E-state index contributed by atoms with van der Waals surface area (Å²) in [5.74, 6) is -0.467. The summed E-state index contributed by atoms with van der Waals surface area (Å²) in [6.07, 6.45) is 3.47. The molecule has 7 nitrogen and oxygen atoms in total. The van der Waals surface area contributed by atoms with Gasteiger partial charge < -0.3 is 9.47 Å². The van der Waals surface area contributed by atoms with E-state index in [4.69, 9.17) is 9.47 Å². The lowest BCUT2D eigenvalue weighted by molar-refractivity contribution is -0.154. The smallest absolute Gasteiger partial charge is 0.318 e. The Morgan fingerprint density at radius 2 is 1.47 bits per heavy atom. The van der Waals surface area contributed by atoms with E-state index in [0.717, 1.165) is 22.8 Å².